The molecule has 11 aromatic rings. The van der Waals surface area contributed by atoms with Gasteiger partial charge in [-0.15, -0.1) is 0 Å². The molecule has 0 amide bonds. The maximum atomic E-state index is 2.50. The summed E-state index contributed by atoms with van der Waals surface area (Å²) in [5.41, 5.74) is 10.4. The van der Waals surface area contributed by atoms with Crippen molar-refractivity contribution in [1.29, 1.82) is 0 Å². The summed E-state index contributed by atoms with van der Waals surface area (Å²) < 4.78 is 0. The summed E-state index contributed by atoms with van der Waals surface area (Å²) in [5.74, 6) is 0. The van der Waals surface area contributed by atoms with Crippen LogP contribution in [0.5, 0.6) is 0 Å². The van der Waals surface area contributed by atoms with E-state index in [0.29, 0.717) is 0 Å². The maximum absolute atomic E-state index is 2.50. The molecule has 256 valence electrons. The van der Waals surface area contributed by atoms with E-state index in [4.69, 9.17) is 0 Å². The Kier molecular flexibility index (Phi) is 6.21. The second-order valence-electron chi connectivity index (χ2n) is 16.0. The SMILES string of the molecule is CC1(C)c2ccc(-c3c4ccccc4cc4c3ccc3ccccc34)cc2-c2cccc3c(-c4c5ccccc5cc5c4ccc4ccccc45)ccc1c23. The lowest BCUT2D eigenvalue weighted by Crippen LogP contribution is -2.23. The fraction of sp³-hybridized carbons (Fsp3) is 0.0545. The van der Waals surface area contributed by atoms with Gasteiger partial charge in [-0.3, -0.25) is 0 Å². The van der Waals surface area contributed by atoms with Crippen LogP contribution in [0, 0.1) is 0 Å². The Labute approximate surface area is 319 Å². The molecule has 0 bridgehead atoms. The highest BCUT2D eigenvalue weighted by Gasteiger charge is 2.34. The fourth-order valence-corrected chi connectivity index (χ4v) is 10.2. The summed E-state index contributed by atoms with van der Waals surface area (Å²) in [7, 11) is 0. The molecule has 0 spiro atoms. The van der Waals surface area contributed by atoms with Crippen LogP contribution in [0.15, 0.2) is 182 Å². The van der Waals surface area contributed by atoms with Crippen molar-refractivity contribution < 1.29 is 0 Å². The standard InChI is InChI=1S/C55H36/c1-55(2)50-28-24-37(52-40-18-9-5-14-35(40)30-47-38-16-7-3-12-33(38)22-25-45(47)52)32-49(50)43-21-11-20-42-44(27-29-51(55)54(42)43)53-41-19-10-6-15-36(41)31-48-39-17-8-4-13-34(39)23-26-46(48)53/h3-32H,1-2H3. The van der Waals surface area contributed by atoms with Gasteiger partial charge in [0.05, 0.1) is 0 Å². The summed E-state index contributed by atoms with van der Waals surface area (Å²) in [4.78, 5) is 0. The van der Waals surface area contributed by atoms with Crippen LogP contribution in [-0.2, 0) is 5.41 Å². The summed E-state index contributed by atoms with van der Waals surface area (Å²) in [6.07, 6.45) is 0. The van der Waals surface area contributed by atoms with Crippen molar-refractivity contribution in [2.45, 2.75) is 19.3 Å². The minimum absolute atomic E-state index is 0.187. The smallest absolute Gasteiger partial charge is 0.0159 e. The van der Waals surface area contributed by atoms with Crippen LogP contribution in [0.2, 0.25) is 0 Å². The van der Waals surface area contributed by atoms with Gasteiger partial charge >= 0.3 is 0 Å². The van der Waals surface area contributed by atoms with Gasteiger partial charge in [0, 0.05) is 5.41 Å². The molecule has 12 rings (SSSR count). The third kappa shape index (κ3) is 4.23. The number of benzene rings is 11. The van der Waals surface area contributed by atoms with Crippen molar-refractivity contribution in [3.8, 4) is 33.4 Å². The molecule has 0 heterocycles. The van der Waals surface area contributed by atoms with Crippen LogP contribution < -0.4 is 0 Å². The molecule has 0 fully saturated rings. The number of hydrogen-bond acceptors (Lipinski definition) is 0. The first-order chi connectivity index (χ1) is 27.0. The molecule has 1 aliphatic rings. The Balaban J connectivity index is 1.16. The lowest BCUT2D eigenvalue weighted by Gasteiger charge is -2.36. The highest BCUT2D eigenvalue weighted by atomic mass is 14.4. The molecule has 0 radical (unpaired) electrons. The Morgan fingerprint density at radius 3 is 1.47 bits per heavy atom. The molecule has 0 aliphatic heterocycles. The zero-order valence-electron chi connectivity index (χ0n) is 30.8. The van der Waals surface area contributed by atoms with Crippen molar-refractivity contribution >= 4 is 75.4 Å². The molecule has 0 nitrogen and oxygen atoms in total. The monoisotopic (exact) mass is 696 g/mol. The molecule has 0 unspecified atom stereocenters. The maximum Gasteiger partial charge on any atom is 0.0159 e. The van der Waals surface area contributed by atoms with Crippen molar-refractivity contribution in [3.63, 3.8) is 0 Å². The quantitative estimate of drug-likeness (QED) is 0.125. The van der Waals surface area contributed by atoms with Crippen LogP contribution in [0.25, 0.3) is 109 Å². The van der Waals surface area contributed by atoms with E-state index >= 15 is 0 Å². The van der Waals surface area contributed by atoms with Gasteiger partial charge in [-0.2, -0.15) is 0 Å². The third-order valence-corrected chi connectivity index (χ3v) is 12.8. The molecule has 11 aromatic carbocycles. The molecule has 55 heavy (non-hydrogen) atoms. The molecular formula is C55H36. The summed E-state index contributed by atoms with van der Waals surface area (Å²) >= 11 is 0. The first-order valence-electron chi connectivity index (χ1n) is 19.4. The summed E-state index contributed by atoms with van der Waals surface area (Å²) in [5, 5.41) is 18.1. The van der Waals surface area contributed by atoms with Gasteiger partial charge in [0.15, 0.2) is 0 Å². The molecule has 0 saturated heterocycles. The van der Waals surface area contributed by atoms with Gasteiger partial charge in [0.25, 0.3) is 0 Å². The largest absolute Gasteiger partial charge is 0.0616 e. The Morgan fingerprint density at radius 2 is 0.818 bits per heavy atom. The predicted molar refractivity (Wildman–Crippen MR) is 237 cm³/mol. The molecule has 0 heteroatoms. The molecular weight excluding hydrogens is 661 g/mol. The molecule has 0 saturated carbocycles. The van der Waals surface area contributed by atoms with Crippen molar-refractivity contribution in [1.82, 2.24) is 0 Å². The molecule has 0 N–H and O–H groups in total. The van der Waals surface area contributed by atoms with Gasteiger partial charge in [-0.05, 0) is 138 Å². The van der Waals surface area contributed by atoms with Crippen molar-refractivity contribution in [2.75, 3.05) is 0 Å². The molecule has 1 aliphatic carbocycles. The van der Waals surface area contributed by atoms with E-state index in [9.17, 15) is 0 Å². The number of hydrogen-bond donors (Lipinski definition) is 0. The average Bonchev–Trinajstić information content (AvgIpc) is 3.23. The second kappa shape index (κ2) is 11.1. The highest BCUT2D eigenvalue weighted by molar-refractivity contribution is 6.24. The first-order valence-corrected chi connectivity index (χ1v) is 19.4. The Bertz CT molecular complexity index is 3450. The van der Waals surface area contributed by atoms with E-state index in [-0.39, 0.29) is 5.41 Å². The van der Waals surface area contributed by atoms with E-state index in [1.807, 2.05) is 0 Å². The van der Waals surface area contributed by atoms with Crippen LogP contribution in [0.3, 0.4) is 0 Å². The van der Waals surface area contributed by atoms with E-state index in [2.05, 4.69) is 196 Å². The number of fused-ring (bicyclic) bond motifs is 10. The van der Waals surface area contributed by atoms with Crippen LogP contribution >= 0.6 is 0 Å². The Morgan fingerprint density at radius 1 is 0.291 bits per heavy atom. The minimum atomic E-state index is -0.187. The summed E-state index contributed by atoms with van der Waals surface area (Å²) in [6, 6.07) is 68.6. The Hall–Kier alpha value is -6.76. The first kappa shape index (κ1) is 30.7. The van der Waals surface area contributed by atoms with Crippen molar-refractivity contribution in [2.24, 2.45) is 0 Å². The normalized spacial score (nSPS) is 13.4. The fourth-order valence-electron chi connectivity index (χ4n) is 10.2. The number of rotatable bonds is 2. The van der Waals surface area contributed by atoms with E-state index in [1.54, 1.807) is 0 Å². The van der Waals surface area contributed by atoms with Crippen LogP contribution in [-0.4, -0.2) is 0 Å². The van der Waals surface area contributed by atoms with Gasteiger partial charge in [-0.1, -0.05) is 178 Å². The molecule has 0 aromatic heterocycles. The molecule has 0 atom stereocenters. The highest BCUT2D eigenvalue weighted by Crippen LogP contribution is 2.53. The van der Waals surface area contributed by atoms with E-state index in [0.717, 1.165) is 0 Å². The van der Waals surface area contributed by atoms with Crippen LogP contribution in [0.1, 0.15) is 25.0 Å². The third-order valence-electron chi connectivity index (χ3n) is 12.8. The van der Waals surface area contributed by atoms with Gasteiger partial charge in [-0.25, -0.2) is 0 Å². The van der Waals surface area contributed by atoms with Gasteiger partial charge in [0.1, 0.15) is 0 Å². The predicted octanol–water partition coefficient (Wildman–Crippen LogP) is 15.4. The zero-order chi connectivity index (χ0) is 36.4. The second-order valence-corrected chi connectivity index (χ2v) is 16.0. The van der Waals surface area contributed by atoms with Crippen LogP contribution in [0.4, 0.5) is 0 Å². The van der Waals surface area contributed by atoms with E-state index in [1.165, 1.54) is 120 Å². The van der Waals surface area contributed by atoms with E-state index < -0.39 is 0 Å². The lowest BCUT2D eigenvalue weighted by molar-refractivity contribution is 0.645. The minimum Gasteiger partial charge on any atom is -0.0616 e. The van der Waals surface area contributed by atoms with Gasteiger partial charge in [0.2, 0.25) is 0 Å². The topological polar surface area (TPSA) is 0 Å². The lowest BCUT2D eigenvalue weighted by atomic mass is 9.67. The zero-order valence-corrected chi connectivity index (χ0v) is 30.8. The van der Waals surface area contributed by atoms with Gasteiger partial charge < -0.3 is 0 Å². The average molecular weight is 697 g/mol. The summed E-state index contributed by atoms with van der Waals surface area (Å²) in [6.45, 7) is 4.82. The van der Waals surface area contributed by atoms with Crippen molar-refractivity contribution in [3.05, 3.63) is 193 Å².